The third-order valence-corrected chi connectivity index (χ3v) is 5.06. The zero-order valence-corrected chi connectivity index (χ0v) is 13.6. The van der Waals surface area contributed by atoms with Crippen molar-refractivity contribution in [2.45, 2.75) is 32.7 Å². The number of hydrogen-bond donors (Lipinski definition) is 2. The second kappa shape index (κ2) is 7.35. The summed E-state index contributed by atoms with van der Waals surface area (Å²) in [6.07, 6.45) is 2.37. The number of likely N-dealkylation sites (tertiary alicyclic amines) is 1. The maximum Gasteiger partial charge on any atom is 0.276 e. The number of nitrogens with one attached hydrogen (secondary N) is 2. The van der Waals surface area contributed by atoms with Crippen molar-refractivity contribution in [3.05, 3.63) is 35.4 Å². The molecule has 118 valence electrons. The summed E-state index contributed by atoms with van der Waals surface area (Å²) in [5, 5.41) is 0. The summed E-state index contributed by atoms with van der Waals surface area (Å²) in [7, 11) is -3.40. The monoisotopic (exact) mass is 311 g/mol. The highest BCUT2D eigenvalue weighted by atomic mass is 32.2. The van der Waals surface area contributed by atoms with Crippen LogP contribution in [0.1, 0.15) is 36.9 Å². The van der Waals surface area contributed by atoms with E-state index < -0.39 is 10.2 Å². The van der Waals surface area contributed by atoms with E-state index in [-0.39, 0.29) is 6.04 Å². The minimum Gasteiger partial charge on any atom is -0.295 e. The van der Waals surface area contributed by atoms with Gasteiger partial charge in [-0.3, -0.25) is 4.90 Å². The SMILES string of the molecule is CCNS(=O)(=O)NCC(c1ccc(C)cc1)N1CCCC1. The average Bonchev–Trinajstić information content (AvgIpc) is 2.95. The van der Waals surface area contributed by atoms with Crippen LogP contribution in [0.4, 0.5) is 0 Å². The molecule has 2 rings (SSSR count). The number of aryl methyl sites for hydroxylation is 1. The molecule has 0 aromatic heterocycles. The van der Waals surface area contributed by atoms with Gasteiger partial charge in [0, 0.05) is 19.1 Å². The van der Waals surface area contributed by atoms with Crippen LogP contribution >= 0.6 is 0 Å². The van der Waals surface area contributed by atoms with Gasteiger partial charge in [-0.2, -0.15) is 8.42 Å². The van der Waals surface area contributed by atoms with Crippen LogP contribution in [0.15, 0.2) is 24.3 Å². The van der Waals surface area contributed by atoms with Gasteiger partial charge in [0.15, 0.2) is 0 Å². The smallest absolute Gasteiger partial charge is 0.276 e. The maximum atomic E-state index is 11.8. The molecule has 5 nitrogen and oxygen atoms in total. The Morgan fingerprint density at radius 1 is 1.14 bits per heavy atom. The second-order valence-corrected chi connectivity index (χ2v) is 7.10. The van der Waals surface area contributed by atoms with Crippen molar-refractivity contribution >= 4 is 10.2 Å². The van der Waals surface area contributed by atoms with Crippen LogP contribution in [-0.2, 0) is 10.2 Å². The fourth-order valence-corrected chi connectivity index (χ4v) is 3.59. The zero-order chi connectivity index (χ0) is 15.3. The third kappa shape index (κ3) is 4.78. The summed E-state index contributed by atoms with van der Waals surface area (Å²) in [6, 6.07) is 8.45. The van der Waals surface area contributed by atoms with Gasteiger partial charge in [-0.05, 0) is 38.4 Å². The molecular weight excluding hydrogens is 286 g/mol. The molecule has 1 aliphatic rings. The molecule has 6 heteroatoms. The van der Waals surface area contributed by atoms with Gasteiger partial charge in [0.2, 0.25) is 0 Å². The Bertz CT molecular complexity index is 537. The van der Waals surface area contributed by atoms with Gasteiger partial charge >= 0.3 is 0 Å². The Morgan fingerprint density at radius 2 is 1.76 bits per heavy atom. The normalized spacial score (nSPS) is 18.0. The average molecular weight is 311 g/mol. The van der Waals surface area contributed by atoms with Crippen LogP contribution < -0.4 is 9.44 Å². The molecule has 1 fully saturated rings. The Morgan fingerprint density at radius 3 is 2.33 bits per heavy atom. The van der Waals surface area contributed by atoms with Gasteiger partial charge in [0.05, 0.1) is 0 Å². The lowest BCUT2D eigenvalue weighted by molar-refractivity contribution is 0.246. The predicted molar refractivity (Wildman–Crippen MR) is 85.3 cm³/mol. The van der Waals surface area contributed by atoms with Crippen LogP contribution in [0, 0.1) is 6.92 Å². The van der Waals surface area contributed by atoms with Gasteiger partial charge < -0.3 is 0 Å². The summed E-state index contributed by atoms with van der Waals surface area (Å²) >= 11 is 0. The summed E-state index contributed by atoms with van der Waals surface area (Å²) < 4.78 is 28.7. The van der Waals surface area contributed by atoms with E-state index in [4.69, 9.17) is 0 Å². The number of rotatable bonds is 7. The van der Waals surface area contributed by atoms with E-state index >= 15 is 0 Å². The predicted octanol–water partition coefficient (Wildman–Crippen LogP) is 1.58. The molecule has 0 amide bonds. The number of nitrogens with zero attached hydrogens (tertiary/aromatic N) is 1. The lowest BCUT2D eigenvalue weighted by Gasteiger charge is -2.28. The summed E-state index contributed by atoms with van der Waals surface area (Å²) in [6.45, 7) is 6.69. The maximum absolute atomic E-state index is 11.8. The van der Waals surface area contributed by atoms with Crippen molar-refractivity contribution in [1.82, 2.24) is 14.3 Å². The largest absolute Gasteiger partial charge is 0.295 e. The first-order chi connectivity index (χ1) is 10.0. The number of hydrogen-bond acceptors (Lipinski definition) is 3. The molecule has 2 N–H and O–H groups in total. The Kier molecular flexibility index (Phi) is 5.75. The lowest BCUT2D eigenvalue weighted by Crippen LogP contribution is -2.42. The van der Waals surface area contributed by atoms with Gasteiger partial charge in [-0.25, -0.2) is 9.44 Å². The summed E-state index contributed by atoms with van der Waals surface area (Å²) in [5.41, 5.74) is 2.38. The van der Waals surface area contributed by atoms with Crippen molar-refractivity contribution < 1.29 is 8.42 Å². The highest BCUT2D eigenvalue weighted by Gasteiger charge is 2.24. The van der Waals surface area contributed by atoms with Gasteiger partial charge in [-0.15, -0.1) is 0 Å². The van der Waals surface area contributed by atoms with Crippen molar-refractivity contribution in [1.29, 1.82) is 0 Å². The molecular formula is C15H25N3O2S. The zero-order valence-electron chi connectivity index (χ0n) is 12.8. The van der Waals surface area contributed by atoms with Crippen LogP contribution in [0.3, 0.4) is 0 Å². The first kappa shape index (κ1) is 16.4. The molecule has 1 aliphatic heterocycles. The minimum atomic E-state index is -3.40. The topological polar surface area (TPSA) is 61.4 Å². The Balaban J connectivity index is 2.11. The molecule has 0 bridgehead atoms. The van der Waals surface area contributed by atoms with Crippen LogP contribution in [0.2, 0.25) is 0 Å². The molecule has 0 aliphatic carbocycles. The Hall–Kier alpha value is -0.950. The van der Waals surface area contributed by atoms with Gasteiger partial charge in [-0.1, -0.05) is 36.8 Å². The van der Waals surface area contributed by atoms with Crippen molar-refractivity contribution in [2.24, 2.45) is 0 Å². The second-order valence-electron chi connectivity index (χ2n) is 5.52. The van der Waals surface area contributed by atoms with Crippen LogP contribution in [-0.4, -0.2) is 39.5 Å². The van der Waals surface area contributed by atoms with Crippen molar-refractivity contribution in [2.75, 3.05) is 26.2 Å². The molecule has 21 heavy (non-hydrogen) atoms. The van der Waals surface area contributed by atoms with E-state index in [1.165, 1.54) is 24.0 Å². The van der Waals surface area contributed by atoms with E-state index in [1.807, 2.05) is 0 Å². The fourth-order valence-electron chi connectivity index (χ4n) is 2.73. The molecule has 1 atom stereocenters. The van der Waals surface area contributed by atoms with E-state index in [0.29, 0.717) is 13.1 Å². The van der Waals surface area contributed by atoms with E-state index in [1.54, 1.807) is 6.92 Å². The molecule has 1 heterocycles. The Labute approximate surface area is 127 Å². The van der Waals surface area contributed by atoms with Crippen LogP contribution in [0.25, 0.3) is 0 Å². The standard InChI is InChI=1S/C15H25N3O2S/c1-3-16-21(19,20)17-12-15(18-10-4-5-11-18)14-8-6-13(2)7-9-14/h6-9,15-17H,3-5,10-12H2,1-2H3. The van der Waals surface area contributed by atoms with E-state index in [9.17, 15) is 8.42 Å². The quantitative estimate of drug-likeness (QED) is 0.803. The first-order valence-corrected chi connectivity index (χ1v) is 9.05. The molecule has 1 saturated heterocycles. The van der Waals surface area contributed by atoms with Crippen molar-refractivity contribution in [3.8, 4) is 0 Å². The number of benzene rings is 1. The molecule has 0 spiro atoms. The molecule has 1 unspecified atom stereocenters. The first-order valence-electron chi connectivity index (χ1n) is 7.56. The fraction of sp³-hybridized carbons (Fsp3) is 0.600. The molecule has 0 saturated carbocycles. The summed E-state index contributed by atoms with van der Waals surface area (Å²) in [5.74, 6) is 0. The molecule has 1 aromatic carbocycles. The third-order valence-electron chi connectivity index (χ3n) is 3.84. The highest BCUT2D eigenvalue weighted by Crippen LogP contribution is 2.25. The van der Waals surface area contributed by atoms with Crippen molar-refractivity contribution in [3.63, 3.8) is 0 Å². The minimum absolute atomic E-state index is 0.0986. The van der Waals surface area contributed by atoms with E-state index in [2.05, 4.69) is 45.5 Å². The summed E-state index contributed by atoms with van der Waals surface area (Å²) in [4.78, 5) is 2.36. The van der Waals surface area contributed by atoms with Gasteiger partial charge in [0.25, 0.3) is 10.2 Å². The van der Waals surface area contributed by atoms with E-state index in [0.717, 1.165) is 13.1 Å². The lowest BCUT2D eigenvalue weighted by atomic mass is 10.0. The highest BCUT2D eigenvalue weighted by molar-refractivity contribution is 7.87. The van der Waals surface area contributed by atoms with Gasteiger partial charge in [0.1, 0.15) is 0 Å². The molecule has 0 radical (unpaired) electrons. The molecule has 1 aromatic rings. The van der Waals surface area contributed by atoms with Crippen LogP contribution in [0.5, 0.6) is 0 Å².